The van der Waals surface area contributed by atoms with Crippen LogP contribution in [0.5, 0.6) is 0 Å². The van der Waals surface area contributed by atoms with Gasteiger partial charge in [-0.05, 0) is 31.9 Å². The lowest BCUT2D eigenvalue weighted by Gasteiger charge is -2.23. The van der Waals surface area contributed by atoms with Gasteiger partial charge in [0.2, 0.25) is 11.8 Å². The molecular weight excluding hydrogens is 390 g/mol. The van der Waals surface area contributed by atoms with E-state index < -0.39 is 0 Å². The Morgan fingerprint density at radius 3 is 2.62 bits per heavy atom. The molecule has 4 fully saturated rings. The number of hydrogen-bond acceptors (Lipinski definition) is 8. The summed E-state index contributed by atoms with van der Waals surface area (Å²) in [6.45, 7) is 2.04. The standard InChI is InChI=1S/C16H27N5O2S3/c1-8-20-21-16(25-8)19-12(22)9-6-7-24-14(9)18-13(23)15-17-10-4-2-3-5-11(10)26-15/h8-11,14-17,20-21H,2-7H2,1H3,(H,18,23)(H,19,22). The van der Waals surface area contributed by atoms with Crippen LogP contribution in [0.2, 0.25) is 0 Å². The van der Waals surface area contributed by atoms with Gasteiger partial charge in [0.15, 0.2) is 0 Å². The van der Waals surface area contributed by atoms with Gasteiger partial charge in [0.25, 0.3) is 0 Å². The van der Waals surface area contributed by atoms with Gasteiger partial charge in [-0.25, -0.2) is 10.9 Å². The van der Waals surface area contributed by atoms with Crippen LogP contribution in [-0.2, 0) is 9.59 Å². The van der Waals surface area contributed by atoms with Crippen molar-refractivity contribution in [3.63, 3.8) is 0 Å². The molecule has 0 spiro atoms. The topological polar surface area (TPSA) is 94.3 Å². The molecule has 7 nitrogen and oxygen atoms in total. The summed E-state index contributed by atoms with van der Waals surface area (Å²) >= 11 is 5.08. The molecule has 3 heterocycles. The van der Waals surface area contributed by atoms with Crippen molar-refractivity contribution in [3.05, 3.63) is 0 Å². The fourth-order valence-electron chi connectivity index (χ4n) is 3.98. The second-order valence-corrected chi connectivity index (χ2v) is 11.3. The van der Waals surface area contributed by atoms with E-state index in [0.29, 0.717) is 11.3 Å². The molecule has 1 aliphatic carbocycles. The normalized spacial score (nSPS) is 42.4. The highest BCUT2D eigenvalue weighted by atomic mass is 32.2. The molecule has 3 saturated heterocycles. The van der Waals surface area contributed by atoms with E-state index in [1.807, 2.05) is 6.92 Å². The fraction of sp³-hybridized carbons (Fsp3) is 0.875. The van der Waals surface area contributed by atoms with Crippen molar-refractivity contribution >= 4 is 47.1 Å². The zero-order valence-electron chi connectivity index (χ0n) is 14.8. The highest BCUT2D eigenvalue weighted by Gasteiger charge is 2.42. The molecule has 146 valence electrons. The lowest BCUT2D eigenvalue weighted by Crippen LogP contribution is -2.51. The van der Waals surface area contributed by atoms with E-state index in [1.165, 1.54) is 25.7 Å². The van der Waals surface area contributed by atoms with Gasteiger partial charge in [0, 0.05) is 11.3 Å². The second kappa shape index (κ2) is 8.48. The van der Waals surface area contributed by atoms with Crippen LogP contribution in [0.4, 0.5) is 0 Å². The smallest absolute Gasteiger partial charge is 0.248 e. The summed E-state index contributed by atoms with van der Waals surface area (Å²) in [7, 11) is 0. The maximum absolute atomic E-state index is 12.7. The van der Waals surface area contributed by atoms with Gasteiger partial charge in [0.1, 0.15) is 10.9 Å². The summed E-state index contributed by atoms with van der Waals surface area (Å²) in [6, 6.07) is 0.472. The molecular formula is C16H27N5O2S3. The van der Waals surface area contributed by atoms with Crippen molar-refractivity contribution in [3.8, 4) is 0 Å². The molecule has 10 heteroatoms. The Morgan fingerprint density at radius 1 is 1.00 bits per heavy atom. The average molecular weight is 418 g/mol. The minimum atomic E-state index is -0.176. The molecule has 2 amide bonds. The highest BCUT2D eigenvalue weighted by Crippen LogP contribution is 2.37. The maximum Gasteiger partial charge on any atom is 0.248 e. The number of rotatable bonds is 4. The predicted molar refractivity (Wildman–Crippen MR) is 108 cm³/mol. The van der Waals surface area contributed by atoms with Crippen LogP contribution in [0.15, 0.2) is 0 Å². The summed E-state index contributed by atoms with van der Waals surface area (Å²) < 4.78 is 0. The first-order valence-corrected chi connectivity index (χ1v) is 12.3. The van der Waals surface area contributed by atoms with Crippen molar-refractivity contribution in [2.45, 2.75) is 71.9 Å². The largest absolute Gasteiger partial charge is 0.341 e. The van der Waals surface area contributed by atoms with Gasteiger partial charge < -0.3 is 10.6 Å². The molecule has 0 radical (unpaired) electrons. The van der Waals surface area contributed by atoms with E-state index in [-0.39, 0.29) is 39.4 Å². The van der Waals surface area contributed by atoms with Gasteiger partial charge in [-0.1, -0.05) is 12.8 Å². The van der Waals surface area contributed by atoms with Crippen molar-refractivity contribution in [1.82, 2.24) is 26.8 Å². The maximum atomic E-state index is 12.7. The van der Waals surface area contributed by atoms with Gasteiger partial charge in [0.05, 0.1) is 16.7 Å². The van der Waals surface area contributed by atoms with Gasteiger partial charge in [-0.2, -0.15) is 0 Å². The molecule has 0 aromatic heterocycles. The number of carbonyl (C=O) groups excluding carboxylic acids is 2. The van der Waals surface area contributed by atoms with Crippen LogP contribution in [-0.4, -0.2) is 50.5 Å². The van der Waals surface area contributed by atoms with E-state index in [9.17, 15) is 9.59 Å². The predicted octanol–water partition coefficient (Wildman–Crippen LogP) is 0.742. The number of hydrogen-bond donors (Lipinski definition) is 5. The lowest BCUT2D eigenvalue weighted by molar-refractivity contribution is -0.126. The molecule has 0 aromatic carbocycles. The van der Waals surface area contributed by atoms with Crippen LogP contribution in [0.3, 0.4) is 0 Å². The first-order chi connectivity index (χ1) is 12.6. The zero-order valence-corrected chi connectivity index (χ0v) is 17.3. The molecule has 26 heavy (non-hydrogen) atoms. The molecule has 7 atom stereocenters. The SMILES string of the molecule is CC1NNC(NC(=O)C2CCSC2NC(=O)C2NC3CCCCC3S2)S1. The van der Waals surface area contributed by atoms with Crippen molar-refractivity contribution < 1.29 is 9.59 Å². The minimum absolute atomic E-state index is 0.0157. The Bertz CT molecular complexity index is 540. The molecule has 0 bridgehead atoms. The van der Waals surface area contributed by atoms with Crippen LogP contribution in [0.25, 0.3) is 0 Å². The van der Waals surface area contributed by atoms with Crippen LogP contribution < -0.4 is 26.8 Å². The van der Waals surface area contributed by atoms with Crippen molar-refractivity contribution in [2.75, 3.05) is 5.75 Å². The number of hydrazine groups is 1. The molecule has 3 aliphatic heterocycles. The van der Waals surface area contributed by atoms with Gasteiger partial charge in [-0.3, -0.25) is 14.9 Å². The minimum Gasteiger partial charge on any atom is -0.341 e. The molecule has 0 aromatic rings. The molecule has 4 aliphatic rings. The molecule has 4 rings (SSSR count). The summed E-state index contributed by atoms with van der Waals surface area (Å²) in [5.41, 5.74) is 6.03. The monoisotopic (exact) mass is 417 g/mol. The average Bonchev–Trinajstić information content (AvgIpc) is 3.34. The third-order valence-corrected chi connectivity index (χ3v) is 9.21. The quantitative estimate of drug-likeness (QED) is 0.457. The Hall–Kier alpha value is -0.130. The zero-order chi connectivity index (χ0) is 18.1. The molecule has 5 N–H and O–H groups in total. The van der Waals surface area contributed by atoms with E-state index >= 15 is 0 Å². The Morgan fingerprint density at radius 2 is 1.85 bits per heavy atom. The number of nitrogens with one attached hydrogen (secondary N) is 5. The van der Waals surface area contributed by atoms with Gasteiger partial charge in [-0.15, -0.1) is 35.3 Å². The third-order valence-electron chi connectivity index (χ3n) is 5.36. The summed E-state index contributed by atoms with van der Waals surface area (Å²) in [4.78, 5) is 25.4. The van der Waals surface area contributed by atoms with Crippen LogP contribution >= 0.6 is 35.3 Å². The third kappa shape index (κ3) is 4.30. The van der Waals surface area contributed by atoms with Crippen molar-refractivity contribution in [1.29, 1.82) is 0 Å². The van der Waals surface area contributed by atoms with E-state index in [0.717, 1.165) is 12.2 Å². The Labute approximate surface area is 167 Å². The number of fused-ring (bicyclic) bond motifs is 1. The number of amides is 2. The molecule has 7 unspecified atom stereocenters. The van der Waals surface area contributed by atoms with E-state index in [2.05, 4.69) is 26.8 Å². The summed E-state index contributed by atoms with van der Waals surface area (Å²) in [5, 5.41) is 10.2. The number of thioether (sulfide) groups is 3. The summed E-state index contributed by atoms with van der Waals surface area (Å²) in [6.07, 6.45) is 5.70. The molecule has 1 saturated carbocycles. The van der Waals surface area contributed by atoms with Crippen LogP contribution in [0, 0.1) is 5.92 Å². The van der Waals surface area contributed by atoms with Crippen molar-refractivity contribution in [2.24, 2.45) is 5.92 Å². The first-order valence-electron chi connectivity index (χ1n) is 9.40. The highest BCUT2D eigenvalue weighted by molar-refractivity contribution is 8.01. The van der Waals surface area contributed by atoms with Crippen LogP contribution in [0.1, 0.15) is 39.0 Å². The fourth-order valence-corrected chi connectivity index (χ4v) is 7.69. The van der Waals surface area contributed by atoms with E-state index in [4.69, 9.17) is 0 Å². The van der Waals surface area contributed by atoms with E-state index in [1.54, 1.807) is 35.3 Å². The lowest BCUT2D eigenvalue weighted by atomic mass is 9.95. The Kier molecular flexibility index (Phi) is 6.26. The van der Waals surface area contributed by atoms with Gasteiger partial charge >= 0.3 is 0 Å². The Balaban J connectivity index is 1.29. The summed E-state index contributed by atoms with van der Waals surface area (Å²) in [5.74, 6) is 0.780. The first kappa shape index (κ1) is 19.2. The second-order valence-electron chi connectivity index (χ2n) is 7.26. The number of carbonyl (C=O) groups is 2.